The molecular formula is C10H15N3. The fourth-order valence-corrected chi connectivity index (χ4v) is 1.19. The Balaban J connectivity index is 0.000000396. The Morgan fingerprint density at radius 1 is 1.31 bits per heavy atom. The van der Waals surface area contributed by atoms with E-state index in [1.807, 2.05) is 43.8 Å². The molecule has 0 amide bonds. The zero-order valence-corrected chi connectivity index (χ0v) is 8.28. The highest BCUT2D eigenvalue weighted by atomic mass is 15.0. The predicted molar refractivity (Wildman–Crippen MR) is 56.5 cm³/mol. The SMILES string of the molecule is CC.Cn1ccc2c(N)ccnc21. The normalized spacial score (nSPS) is 9.46. The van der Waals surface area contributed by atoms with E-state index in [2.05, 4.69) is 4.98 Å². The van der Waals surface area contributed by atoms with Crippen molar-refractivity contribution < 1.29 is 0 Å². The van der Waals surface area contributed by atoms with Crippen LogP contribution >= 0.6 is 0 Å². The molecule has 2 rings (SSSR count). The van der Waals surface area contributed by atoms with E-state index in [1.54, 1.807) is 6.20 Å². The number of fused-ring (bicyclic) bond motifs is 1. The van der Waals surface area contributed by atoms with Crippen LogP contribution in [0, 0.1) is 0 Å². The van der Waals surface area contributed by atoms with Gasteiger partial charge in [0.05, 0.1) is 0 Å². The van der Waals surface area contributed by atoms with Gasteiger partial charge in [-0.15, -0.1) is 0 Å². The largest absolute Gasteiger partial charge is 0.398 e. The molecule has 2 heterocycles. The van der Waals surface area contributed by atoms with Crippen LogP contribution in [-0.4, -0.2) is 9.55 Å². The molecule has 0 radical (unpaired) electrons. The zero-order valence-electron chi connectivity index (χ0n) is 8.28. The number of hydrogen-bond donors (Lipinski definition) is 1. The van der Waals surface area contributed by atoms with E-state index in [-0.39, 0.29) is 0 Å². The van der Waals surface area contributed by atoms with Gasteiger partial charge >= 0.3 is 0 Å². The molecule has 13 heavy (non-hydrogen) atoms. The van der Waals surface area contributed by atoms with Crippen LogP contribution in [0.25, 0.3) is 11.0 Å². The molecule has 0 bridgehead atoms. The van der Waals surface area contributed by atoms with Gasteiger partial charge < -0.3 is 10.3 Å². The Labute approximate surface area is 78.2 Å². The minimum absolute atomic E-state index is 0.788. The van der Waals surface area contributed by atoms with Crippen molar-refractivity contribution in [3.8, 4) is 0 Å². The van der Waals surface area contributed by atoms with Crippen molar-refractivity contribution in [1.82, 2.24) is 9.55 Å². The van der Waals surface area contributed by atoms with E-state index in [0.29, 0.717) is 0 Å². The maximum absolute atomic E-state index is 5.72. The number of rotatable bonds is 0. The number of anilines is 1. The summed E-state index contributed by atoms with van der Waals surface area (Å²) in [5, 5.41) is 1.02. The van der Waals surface area contributed by atoms with Gasteiger partial charge in [0.15, 0.2) is 0 Å². The lowest BCUT2D eigenvalue weighted by Gasteiger charge is -1.95. The molecule has 2 aromatic rings. The maximum Gasteiger partial charge on any atom is 0.141 e. The third kappa shape index (κ3) is 1.64. The molecule has 0 unspecified atom stereocenters. The van der Waals surface area contributed by atoms with Crippen LogP contribution in [0.3, 0.4) is 0 Å². The van der Waals surface area contributed by atoms with Crippen molar-refractivity contribution in [2.45, 2.75) is 13.8 Å². The lowest BCUT2D eigenvalue weighted by molar-refractivity contribution is 0.949. The predicted octanol–water partition coefficient (Wildman–Crippen LogP) is 2.18. The molecule has 0 saturated carbocycles. The summed E-state index contributed by atoms with van der Waals surface area (Å²) >= 11 is 0. The van der Waals surface area contributed by atoms with Gasteiger partial charge in [-0.2, -0.15) is 0 Å². The smallest absolute Gasteiger partial charge is 0.141 e. The van der Waals surface area contributed by atoms with Crippen molar-refractivity contribution in [2.75, 3.05) is 5.73 Å². The van der Waals surface area contributed by atoms with E-state index in [1.165, 1.54) is 0 Å². The first kappa shape index (κ1) is 9.58. The Morgan fingerprint density at radius 3 is 2.62 bits per heavy atom. The summed E-state index contributed by atoms with van der Waals surface area (Å²) in [4.78, 5) is 4.18. The molecule has 0 aromatic carbocycles. The molecule has 2 N–H and O–H groups in total. The number of hydrogen-bond acceptors (Lipinski definition) is 2. The summed E-state index contributed by atoms with van der Waals surface area (Å²) < 4.78 is 1.95. The molecule has 0 aliphatic heterocycles. The summed E-state index contributed by atoms with van der Waals surface area (Å²) in [6, 6.07) is 3.78. The lowest BCUT2D eigenvalue weighted by Crippen LogP contribution is -1.90. The zero-order chi connectivity index (χ0) is 9.84. The second kappa shape index (κ2) is 3.94. The Bertz CT molecular complexity index is 390. The molecule has 3 nitrogen and oxygen atoms in total. The monoisotopic (exact) mass is 177 g/mol. The van der Waals surface area contributed by atoms with Gasteiger partial charge in [-0.3, -0.25) is 0 Å². The van der Waals surface area contributed by atoms with Gasteiger partial charge in [-0.1, -0.05) is 13.8 Å². The molecule has 0 fully saturated rings. The standard InChI is InChI=1S/C8H9N3.C2H6/c1-11-5-3-6-7(9)2-4-10-8(6)11;1-2/h2-5H,1H3,(H2,9,10);1-2H3. The first-order valence-electron chi connectivity index (χ1n) is 4.44. The van der Waals surface area contributed by atoms with Crippen LogP contribution in [0.2, 0.25) is 0 Å². The van der Waals surface area contributed by atoms with E-state index < -0.39 is 0 Å². The van der Waals surface area contributed by atoms with Crippen LogP contribution in [0.4, 0.5) is 5.69 Å². The van der Waals surface area contributed by atoms with Gasteiger partial charge in [0, 0.05) is 30.5 Å². The summed E-state index contributed by atoms with van der Waals surface area (Å²) in [5.74, 6) is 0. The van der Waals surface area contributed by atoms with Crippen molar-refractivity contribution in [2.24, 2.45) is 7.05 Å². The van der Waals surface area contributed by atoms with Crippen LogP contribution in [0.1, 0.15) is 13.8 Å². The summed E-state index contributed by atoms with van der Waals surface area (Å²) in [7, 11) is 1.95. The highest BCUT2D eigenvalue weighted by Crippen LogP contribution is 2.17. The van der Waals surface area contributed by atoms with Crippen LogP contribution in [0.5, 0.6) is 0 Å². The fraction of sp³-hybridized carbons (Fsp3) is 0.300. The van der Waals surface area contributed by atoms with Crippen LogP contribution in [0.15, 0.2) is 24.5 Å². The number of aromatic nitrogens is 2. The van der Waals surface area contributed by atoms with Gasteiger partial charge in [-0.05, 0) is 12.1 Å². The van der Waals surface area contributed by atoms with Gasteiger partial charge in [0.2, 0.25) is 0 Å². The molecule has 0 saturated heterocycles. The lowest BCUT2D eigenvalue weighted by atomic mass is 10.3. The summed E-state index contributed by atoms with van der Waals surface area (Å²) in [5.41, 5.74) is 7.44. The van der Waals surface area contributed by atoms with Gasteiger partial charge in [0.1, 0.15) is 5.65 Å². The summed E-state index contributed by atoms with van der Waals surface area (Å²) in [6.45, 7) is 4.00. The average molecular weight is 177 g/mol. The first-order chi connectivity index (χ1) is 6.29. The highest BCUT2D eigenvalue weighted by Gasteiger charge is 1.99. The number of aryl methyl sites for hydroxylation is 1. The average Bonchev–Trinajstić information content (AvgIpc) is 2.53. The molecule has 0 aliphatic rings. The number of nitrogen functional groups attached to an aromatic ring is 1. The molecule has 2 aromatic heterocycles. The van der Waals surface area contributed by atoms with E-state index in [9.17, 15) is 0 Å². The molecule has 0 aliphatic carbocycles. The Hall–Kier alpha value is -1.51. The number of pyridine rings is 1. The Kier molecular flexibility index (Phi) is 2.90. The van der Waals surface area contributed by atoms with Crippen LogP contribution < -0.4 is 5.73 Å². The second-order valence-electron chi connectivity index (χ2n) is 2.56. The minimum Gasteiger partial charge on any atom is -0.398 e. The molecule has 0 spiro atoms. The number of nitrogens with two attached hydrogens (primary N) is 1. The molecule has 3 heteroatoms. The first-order valence-corrected chi connectivity index (χ1v) is 4.44. The van der Waals surface area contributed by atoms with Gasteiger partial charge in [-0.25, -0.2) is 4.98 Å². The molecule has 0 atom stereocenters. The maximum atomic E-state index is 5.72. The van der Waals surface area contributed by atoms with Crippen molar-refractivity contribution in [3.63, 3.8) is 0 Å². The van der Waals surface area contributed by atoms with E-state index in [4.69, 9.17) is 5.73 Å². The van der Waals surface area contributed by atoms with E-state index >= 15 is 0 Å². The summed E-state index contributed by atoms with van der Waals surface area (Å²) in [6.07, 6.45) is 3.67. The van der Waals surface area contributed by atoms with Crippen molar-refractivity contribution in [1.29, 1.82) is 0 Å². The highest BCUT2D eigenvalue weighted by molar-refractivity contribution is 5.88. The Morgan fingerprint density at radius 2 is 2.00 bits per heavy atom. The molecular weight excluding hydrogens is 162 g/mol. The van der Waals surface area contributed by atoms with Crippen LogP contribution in [-0.2, 0) is 7.05 Å². The fourth-order valence-electron chi connectivity index (χ4n) is 1.19. The van der Waals surface area contributed by atoms with Crippen molar-refractivity contribution in [3.05, 3.63) is 24.5 Å². The third-order valence-electron chi connectivity index (χ3n) is 1.80. The number of nitrogens with zero attached hydrogens (tertiary/aromatic N) is 2. The second-order valence-corrected chi connectivity index (χ2v) is 2.56. The van der Waals surface area contributed by atoms with E-state index in [0.717, 1.165) is 16.7 Å². The minimum atomic E-state index is 0.788. The third-order valence-corrected chi connectivity index (χ3v) is 1.80. The quantitative estimate of drug-likeness (QED) is 0.670. The molecule has 70 valence electrons. The van der Waals surface area contributed by atoms with Gasteiger partial charge in [0.25, 0.3) is 0 Å². The topological polar surface area (TPSA) is 43.8 Å². The van der Waals surface area contributed by atoms with Crippen molar-refractivity contribution >= 4 is 16.7 Å².